The zero-order valence-electron chi connectivity index (χ0n) is 11.8. The summed E-state index contributed by atoms with van der Waals surface area (Å²) >= 11 is 0. The second kappa shape index (κ2) is 6.20. The summed E-state index contributed by atoms with van der Waals surface area (Å²) in [5, 5.41) is 2.45. The lowest BCUT2D eigenvalue weighted by atomic mass is 10.0. The molecule has 1 aromatic rings. The molecule has 0 saturated carbocycles. The van der Waals surface area contributed by atoms with Crippen molar-refractivity contribution in [2.45, 2.75) is 31.7 Å². The normalized spacial score (nSPS) is 19.6. The number of hydrogen-bond acceptors (Lipinski definition) is 2. The van der Waals surface area contributed by atoms with Crippen LogP contribution in [0.5, 0.6) is 0 Å². The van der Waals surface area contributed by atoms with Crippen LogP contribution in [0.2, 0.25) is 0 Å². The van der Waals surface area contributed by atoms with Gasteiger partial charge in [0.05, 0.1) is 13.1 Å². The van der Waals surface area contributed by atoms with Gasteiger partial charge in [0.2, 0.25) is 11.8 Å². The van der Waals surface area contributed by atoms with Crippen molar-refractivity contribution in [1.29, 1.82) is 0 Å². The van der Waals surface area contributed by atoms with E-state index in [0.717, 1.165) is 4.90 Å². The fourth-order valence-corrected chi connectivity index (χ4v) is 2.44. The Kier molecular flexibility index (Phi) is 4.55. The zero-order chi connectivity index (χ0) is 15.5. The molecule has 1 aliphatic rings. The number of alkyl halides is 2. The van der Waals surface area contributed by atoms with Crippen LogP contribution >= 0.6 is 0 Å². The van der Waals surface area contributed by atoms with Crippen LogP contribution in [-0.2, 0) is 15.5 Å². The van der Waals surface area contributed by atoms with E-state index < -0.39 is 24.4 Å². The van der Waals surface area contributed by atoms with Crippen molar-refractivity contribution in [2.24, 2.45) is 0 Å². The standard InChI is InChI=1S/C15H18F2N2O2/c1-2-6-12-14(21)18-9-13(20)19(12)10-15(16,17)11-7-4-3-5-8-11/h3-5,7-8,12H,2,6,9-10H2,1H3,(H,18,21). The van der Waals surface area contributed by atoms with E-state index in [0.29, 0.717) is 12.8 Å². The van der Waals surface area contributed by atoms with E-state index in [1.165, 1.54) is 24.3 Å². The molecule has 0 spiro atoms. The van der Waals surface area contributed by atoms with Crippen LogP contribution < -0.4 is 5.32 Å². The van der Waals surface area contributed by atoms with Crippen LogP contribution in [0.4, 0.5) is 8.78 Å². The quantitative estimate of drug-likeness (QED) is 0.902. The molecule has 21 heavy (non-hydrogen) atoms. The van der Waals surface area contributed by atoms with E-state index in [9.17, 15) is 18.4 Å². The molecule has 2 amide bonds. The predicted molar refractivity (Wildman–Crippen MR) is 73.8 cm³/mol. The molecular weight excluding hydrogens is 278 g/mol. The van der Waals surface area contributed by atoms with Gasteiger partial charge < -0.3 is 10.2 Å². The maximum atomic E-state index is 14.3. The van der Waals surface area contributed by atoms with Gasteiger partial charge in [0.25, 0.3) is 5.92 Å². The highest BCUT2D eigenvalue weighted by Gasteiger charge is 2.41. The fraction of sp³-hybridized carbons (Fsp3) is 0.467. The van der Waals surface area contributed by atoms with Crippen LogP contribution in [0.15, 0.2) is 30.3 Å². The van der Waals surface area contributed by atoms with Gasteiger partial charge in [-0.1, -0.05) is 43.7 Å². The third-order valence-corrected chi connectivity index (χ3v) is 3.54. The minimum absolute atomic E-state index is 0.154. The summed E-state index contributed by atoms with van der Waals surface area (Å²) in [6.07, 6.45) is 1.02. The molecule has 1 unspecified atom stereocenters. The predicted octanol–water partition coefficient (Wildman–Crippen LogP) is 1.91. The topological polar surface area (TPSA) is 49.4 Å². The summed E-state index contributed by atoms with van der Waals surface area (Å²) in [6, 6.07) is 6.53. The first-order valence-corrected chi connectivity index (χ1v) is 6.96. The maximum absolute atomic E-state index is 14.3. The number of rotatable bonds is 5. The largest absolute Gasteiger partial charge is 0.345 e. The number of nitrogens with zero attached hydrogens (tertiary/aromatic N) is 1. The molecule has 1 heterocycles. The smallest absolute Gasteiger partial charge is 0.290 e. The molecule has 4 nitrogen and oxygen atoms in total. The Morgan fingerprint density at radius 1 is 1.29 bits per heavy atom. The average Bonchev–Trinajstić information content (AvgIpc) is 2.47. The number of carbonyl (C=O) groups excluding carboxylic acids is 2. The maximum Gasteiger partial charge on any atom is 0.290 e. The van der Waals surface area contributed by atoms with Crippen LogP contribution in [0, 0.1) is 0 Å². The van der Waals surface area contributed by atoms with E-state index in [4.69, 9.17) is 0 Å². The number of hydrogen-bond donors (Lipinski definition) is 1. The number of piperazine rings is 1. The lowest BCUT2D eigenvalue weighted by Gasteiger charge is -2.37. The molecule has 1 N–H and O–H groups in total. The minimum Gasteiger partial charge on any atom is -0.345 e. The highest BCUT2D eigenvalue weighted by atomic mass is 19.3. The number of nitrogens with one attached hydrogen (secondary N) is 1. The van der Waals surface area contributed by atoms with Crippen molar-refractivity contribution in [3.05, 3.63) is 35.9 Å². The van der Waals surface area contributed by atoms with Crippen LogP contribution in [0.1, 0.15) is 25.3 Å². The van der Waals surface area contributed by atoms with E-state index in [1.54, 1.807) is 6.07 Å². The molecule has 114 valence electrons. The van der Waals surface area contributed by atoms with Gasteiger partial charge in [-0.2, -0.15) is 8.78 Å². The minimum atomic E-state index is -3.18. The molecule has 6 heteroatoms. The Labute approximate surface area is 122 Å². The first kappa shape index (κ1) is 15.4. The zero-order valence-corrected chi connectivity index (χ0v) is 11.8. The summed E-state index contributed by atoms with van der Waals surface area (Å²) in [7, 11) is 0. The number of carbonyl (C=O) groups is 2. The van der Waals surface area contributed by atoms with Gasteiger partial charge in [-0.05, 0) is 6.42 Å². The second-order valence-electron chi connectivity index (χ2n) is 5.11. The molecule has 0 bridgehead atoms. The Balaban J connectivity index is 2.21. The van der Waals surface area contributed by atoms with Crippen molar-refractivity contribution in [3.8, 4) is 0 Å². The Bertz CT molecular complexity index is 520. The van der Waals surface area contributed by atoms with Gasteiger partial charge in [0, 0.05) is 5.56 Å². The third kappa shape index (κ3) is 3.37. The van der Waals surface area contributed by atoms with Crippen molar-refractivity contribution in [3.63, 3.8) is 0 Å². The van der Waals surface area contributed by atoms with Gasteiger partial charge in [0.1, 0.15) is 6.04 Å². The van der Waals surface area contributed by atoms with E-state index in [1.807, 2.05) is 6.92 Å². The molecule has 0 aromatic heterocycles. The van der Waals surface area contributed by atoms with Crippen molar-refractivity contribution >= 4 is 11.8 Å². The summed E-state index contributed by atoms with van der Waals surface area (Å²) in [6.45, 7) is 0.859. The van der Waals surface area contributed by atoms with Crippen molar-refractivity contribution < 1.29 is 18.4 Å². The van der Waals surface area contributed by atoms with Crippen LogP contribution in [-0.4, -0.2) is 35.8 Å². The molecule has 1 aliphatic heterocycles. The Hall–Kier alpha value is -1.98. The number of amides is 2. The summed E-state index contributed by atoms with van der Waals surface area (Å²) in [5.74, 6) is -4.01. The fourth-order valence-electron chi connectivity index (χ4n) is 2.44. The second-order valence-corrected chi connectivity index (χ2v) is 5.11. The first-order chi connectivity index (χ1) is 9.95. The monoisotopic (exact) mass is 296 g/mol. The molecule has 1 aromatic carbocycles. The molecule has 1 atom stereocenters. The third-order valence-electron chi connectivity index (χ3n) is 3.54. The Morgan fingerprint density at radius 3 is 2.57 bits per heavy atom. The summed E-state index contributed by atoms with van der Waals surface area (Å²) in [5.41, 5.74) is -0.154. The highest BCUT2D eigenvalue weighted by molar-refractivity contribution is 5.94. The van der Waals surface area contributed by atoms with Crippen LogP contribution in [0.3, 0.4) is 0 Å². The number of benzene rings is 1. The highest BCUT2D eigenvalue weighted by Crippen LogP contribution is 2.30. The molecular formula is C15H18F2N2O2. The van der Waals surface area contributed by atoms with Gasteiger partial charge in [0.15, 0.2) is 0 Å². The lowest BCUT2D eigenvalue weighted by Crippen LogP contribution is -2.60. The van der Waals surface area contributed by atoms with Gasteiger partial charge in [-0.25, -0.2) is 0 Å². The Morgan fingerprint density at radius 2 is 1.95 bits per heavy atom. The van der Waals surface area contributed by atoms with Crippen LogP contribution in [0.25, 0.3) is 0 Å². The summed E-state index contributed by atoms with van der Waals surface area (Å²) < 4.78 is 28.7. The van der Waals surface area contributed by atoms with E-state index in [2.05, 4.69) is 5.32 Å². The van der Waals surface area contributed by atoms with Crippen molar-refractivity contribution in [2.75, 3.05) is 13.1 Å². The van der Waals surface area contributed by atoms with Gasteiger partial charge in [-0.15, -0.1) is 0 Å². The average molecular weight is 296 g/mol. The van der Waals surface area contributed by atoms with Gasteiger partial charge >= 0.3 is 0 Å². The summed E-state index contributed by atoms with van der Waals surface area (Å²) in [4.78, 5) is 24.7. The molecule has 0 radical (unpaired) electrons. The lowest BCUT2D eigenvalue weighted by molar-refractivity contribution is -0.152. The van der Waals surface area contributed by atoms with Crippen molar-refractivity contribution in [1.82, 2.24) is 10.2 Å². The first-order valence-electron chi connectivity index (χ1n) is 6.96. The van der Waals surface area contributed by atoms with Gasteiger partial charge in [-0.3, -0.25) is 9.59 Å². The van der Waals surface area contributed by atoms with E-state index in [-0.39, 0.29) is 18.0 Å². The van der Waals surface area contributed by atoms with E-state index >= 15 is 0 Å². The number of halogens is 2. The molecule has 1 fully saturated rings. The molecule has 1 saturated heterocycles. The SMILES string of the molecule is CCCC1C(=O)NCC(=O)N1CC(F)(F)c1ccccc1. The molecule has 0 aliphatic carbocycles. The molecule has 2 rings (SSSR count).